The number of methoxy groups -OCH3 is 3. The topological polar surface area (TPSA) is 105 Å². The van der Waals surface area contributed by atoms with Gasteiger partial charge in [-0.1, -0.05) is 34.1 Å². The molecule has 40 heavy (non-hydrogen) atoms. The standard InChI is InChI=1S/C29H28BrN3O6S/c1-5-33-27(20-14-22(36-2)16-23(15-20)37-3)31-32-29(33)40-26(28(34)35)13-19-8-11-24(25(12-19)38-4)39-17-18-6-9-21(30)10-7-18/h6-16H,5,17H2,1-4H3,(H,34,35)/b26-13-. The van der Waals surface area contributed by atoms with Gasteiger partial charge < -0.3 is 28.6 Å². The van der Waals surface area contributed by atoms with Gasteiger partial charge in [-0.2, -0.15) is 0 Å². The summed E-state index contributed by atoms with van der Waals surface area (Å²) in [7, 11) is 4.69. The van der Waals surface area contributed by atoms with Gasteiger partial charge in [-0.25, -0.2) is 4.79 Å². The first-order chi connectivity index (χ1) is 19.3. The molecule has 4 rings (SSSR count). The van der Waals surface area contributed by atoms with Gasteiger partial charge in [0.05, 0.1) is 21.3 Å². The Bertz CT molecular complexity index is 1500. The van der Waals surface area contributed by atoms with Crippen molar-refractivity contribution in [3.63, 3.8) is 0 Å². The van der Waals surface area contributed by atoms with Gasteiger partial charge in [-0.3, -0.25) is 0 Å². The summed E-state index contributed by atoms with van der Waals surface area (Å²) in [5.41, 5.74) is 2.38. The van der Waals surface area contributed by atoms with E-state index < -0.39 is 5.97 Å². The average Bonchev–Trinajstić information content (AvgIpc) is 3.38. The molecule has 0 atom stereocenters. The van der Waals surface area contributed by atoms with E-state index in [2.05, 4.69) is 26.1 Å². The van der Waals surface area contributed by atoms with Gasteiger partial charge in [0.1, 0.15) is 23.0 Å². The molecule has 0 saturated carbocycles. The molecule has 9 nitrogen and oxygen atoms in total. The fourth-order valence-corrected chi connectivity index (χ4v) is 4.97. The molecular formula is C29H28BrN3O6S. The molecule has 11 heteroatoms. The first-order valence-corrected chi connectivity index (χ1v) is 13.8. The second-order valence-electron chi connectivity index (χ2n) is 8.39. The molecule has 208 valence electrons. The molecule has 0 radical (unpaired) electrons. The minimum Gasteiger partial charge on any atom is -0.497 e. The summed E-state index contributed by atoms with van der Waals surface area (Å²) in [6, 6.07) is 18.5. The maximum absolute atomic E-state index is 12.2. The number of hydrogen-bond donors (Lipinski definition) is 1. The van der Waals surface area contributed by atoms with E-state index in [1.807, 2.05) is 47.9 Å². The summed E-state index contributed by atoms with van der Waals surface area (Å²) >= 11 is 4.44. The zero-order chi connectivity index (χ0) is 28.6. The summed E-state index contributed by atoms with van der Waals surface area (Å²) in [6.45, 7) is 2.83. The molecule has 0 unspecified atom stereocenters. The molecule has 0 saturated heterocycles. The van der Waals surface area contributed by atoms with E-state index in [0.717, 1.165) is 27.4 Å². The zero-order valence-corrected chi connectivity index (χ0v) is 24.8. The number of ether oxygens (including phenoxy) is 4. The maximum Gasteiger partial charge on any atom is 0.342 e. The highest BCUT2D eigenvalue weighted by atomic mass is 79.9. The second-order valence-corrected chi connectivity index (χ2v) is 10.3. The average molecular weight is 627 g/mol. The quantitative estimate of drug-likeness (QED) is 0.138. The van der Waals surface area contributed by atoms with Crippen molar-refractivity contribution in [2.75, 3.05) is 21.3 Å². The molecule has 0 aliphatic heterocycles. The van der Waals surface area contributed by atoms with E-state index in [1.165, 1.54) is 0 Å². The highest BCUT2D eigenvalue weighted by Crippen LogP contribution is 2.35. The molecule has 0 aliphatic carbocycles. The third-order valence-electron chi connectivity index (χ3n) is 5.85. The van der Waals surface area contributed by atoms with Crippen molar-refractivity contribution in [3.8, 4) is 34.4 Å². The molecule has 4 aromatic rings. The number of rotatable bonds is 12. The number of carboxylic acid groups (broad SMARTS) is 1. The van der Waals surface area contributed by atoms with Gasteiger partial charge in [0.15, 0.2) is 22.5 Å². The van der Waals surface area contributed by atoms with Crippen LogP contribution >= 0.6 is 27.7 Å². The molecule has 0 aliphatic rings. The Kier molecular flexibility index (Phi) is 9.73. The van der Waals surface area contributed by atoms with Crippen molar-refractivity contribution in [1.82, 2.24) is 14.8 Å². The lowest BCUT2D eigenvalue weighted by Crippen LogP contribution is -2.03. The third-order valence-corrected chi connectivity index (χ3v) is 7.37. The Balaban J connectivity index is 1.59. The van der Waals surface area contributed by atoms with Crippen LogP contribution in [0, 0.1) is 0 Å². The minimum atomic E-state index is -1.09. The molecule has 0 bridgehead atoms. The summed E-state index contributed by atoms with van der Waals surface area (Å²) in [5.74, 6) is 1.75. The van der Waals surface area contributed by atoms with Crippen LogP contribution in [0.25, 0.3) is 17.5 Å². The van der Waals surface area contributed by atoms with Crippen LogP contribution in [-0.4, -0.2) is 47.2 Å². The third kappa shape index (κ3) is 6.97. The monoisotopic (exact) mass is 625 g/mol. The van der Waals surface area contributed by atoms with E-state index in [-0.39, 0.29) is 4.91 Å². The number of aromatic nitrogens is 3. The van der Waals surface area contributed by atoms with E-state index in [4.69, 9.17) is 18.9 Å². The summed E-state index contributed by atoms with van der Waals surface area (Å²) in [5, 5.41) is 19.1. The number of carbonyl (C=O) groups is 1. The van der Waals surface area contributed by atoms with Crippen LogP contribution in [0.2, 0.25) is 0 Å². The lowest BCUT2D eigenvalue weighted by molar-refractivity contribution is -0.131. The van der Waals surface area contributed by atoms with Crippen LogP contribution < -0.4 is 18.9 Å². The zero-order valence-electron chi connectivity index (χ0n) is 22.4. The van der Waals surface area contributed by atoms with Crippen molar-refractivity contribution in [1.29, 1.82) is 0 Å². The predicted octanol–water partition coefficient (Wildman–Crippen LogP) is 6.55. The molecule has 3 aromatic carbocycles. The van der Waals surface area contributed by atoms with E-state index in [9.17, 15) is 9.90 Å². The number of hydrogen-bond acceptors (Lipinski definition) is 8. The number of benzene rings is 3. The predicted molar refractivity (Wildman–Crippen MR) is 157 cm³/mol. The minimum absolute atomic E-state index is 0.0717. The number of nitrogens with zero attached hydrogens (tertiary/aromatic N) is 3. The molecule has 1 aromatic heterocycles. The van der Waals surface area contributed by atoms with E-state index in [0.29, 0.717) is 52.7 Å². The molecule has 0 amide bonds. The van der Waals surface area contributed by atoms with Crippen molar-refractivity contribution >= 4 is 39.7 Å². The Labute approximate surface area is 244 Å². The van der Waals surface area contributed by atoms with Gasteiger partial charge in [0, 0.05) is 22.6 Å². The fourth-order valence-electron chi connectivity index (χ4n) is 3.82. The molecule has 1 heterocycles. The van der Waals surface area contributed by atoms with Crippen molar-refractivity contribution < 1.29 is 28.8 Å². The number of halogens is 1. The van der Waals surface area contributed by atoms with E-state index >= 15 is 0 Å². The number of thioether (sulfide) groups is 1. The highest BCUT2D eigenvalue weighted by molar-refractivity contribution is 9.10. The van der Waals surface area contributed by atoms with Gasteiger partial charge in [0.25, 0.3) is 0 Å². The Morgan fingerprint density at radius 1 is 0.950 bits per heavy atom. The van der Waals surface area contributed by atoms with Crippen LogP contribution in [0.4, 0.5) is 0 Å². The van der Waals surface area contributed by atoms with Crippen molar-refractivity contribution in [3.05, 3.63) is 81.2 Å². The molecule has 1 N–H and O–H groups in total. The molecule has 0 fully saturated rings. The van der Waals surface area contributed by atoms with Crippen LogP contribution in [0.3, 0.4) is 0 Å². The molecule has 0 spiro atoms. The largest absolute Gasteiger partial charge is 0.497 e. The number of aliphatic carboxylic acids is 1. The fraction of sp³-hybridized carbons (Fsp3) is 0.207. The first-order valence-electron chi connectivity index (χ1n) is 12.2. The van der Waals surface area contributed by atoms with Crippen LogP contribution in [0.15, 0.2) is 75.2 Å². The van der Waals surface area contributed by atoms with Gasteiger partial charge >= 0.3 is 5.97 Å². The van der Waals surface area contributed by atoms with Crippen LogP contribution in [-0.2, 0) is 17.9 Å². The van der Waals surface area contributed by atoms with E-state index in [1.54, 1.807) is 51.7 Å². The summed E-state index contributed by atoms with van der Waals surface area (Å²) in [6.07, 6.45) is 1.57. The lowest BCUT2D eigenvalue weighted by Gasteiger charge is -2.12. The first kappa shape index (κ1) is 29.0. The summed E-state index contributed by atoms with van der Waals surface area (Å²) < 4.78 is 25.1. The normalized spacial score (nSPS) is 11.3. The Hall–Kier alpha value is -3.96. The van der Waals surface area contributed by atoms with Crippen LogP contribution in [0.5, 0.6) is 23.0 Å². The van der Waals surface area contributed by atoms with Crippen molar-refractivity contribution in [2.24, 2.45) is 0 Å². The second kappa shape index (κ2) is 13.4. The Morgan fingerprint density at radius 2 is 1.65 bits per heavy atom. The van der Waals surface area contributed by atoms with Crippen molar-refractivity contribution in [2.45, 2.75) is 25.2 Å². The molecular weight excluding hydrogens is 598 g/mol. The van der Waals surface area contributed by atoms with Gasteiger partial charge in [0.2, 0.25) is 0 Å². The summed E-state index contributed by atoms with van der Waals surface area (Å²) in [4.78, 5) is 12.3. The highest BCUT2D eigenvalue weighted by Gasteiger charge is 2.19. The lowest BCUT2D eigenvalue weighted by atomic mass is 10.2. The van der Waals surface area contributed by atoms with Gasteiger partial charge in [-0.15, -0.1) is 10.2 Å². The van der Waals surface area contributed by atoms with Gasteiger partial charge in [-0.05, 0) is 72.3 Å². The Morgan fingerprint density at radius 3 is 2.25 bits per heavy atom. The number of carboxylic acids is 1. The SMILES string of the molecule is CCn1c(S/C(=C\c2ccc(OCc3ccc(Br)cc3)c(OC)c2)C(=O)O)nnc1-c1cc(OC)cc(OC)c1. The smallest absolute Gasteiger partial charge is 0.342 e. The van der Waals surface area contributed by atoms with Crippen LogP contribution in [0.1, 0.15) is 18.1 Å². The maximum atomic E-state index is 12.2.